The molecule has 0 unspecified atom stereocenters. The summed E-state index contributed by atoms with van der Waals surface area (Å²) in [4.78, 5) is 49.0. The number of carboxylic acid groups (broad SMARTS) is 1. The number of hydrogen-bond acceptors (Lipinski definition) is 5. The zero-order valence-electron chi connectivity index (χ0n) is 19.9. The van der Waals surface area contributed by atoms with Gasteiger partial charge in [0.25, 0.3) is 17.7 Å². The molecule has 0 saturated heterocycles. The van der Waals surface area contributed by atoms with Gasteiger partial charge in [-0.2, -0.15) is 13.2 Å². The monoisotopic (exact) mass is 563 g/mol. The second kappa shape index (κ2) is 12.3. The van der Waals surface area contributed by atoms with Crippen LogP contribution in [-0.4, -0.2) is 46.5 Å². The molecule has 0 aromatic heterocycles. The Labute approximate surface area is 224 Å². The molecule has 0 heterocycles. The average Bonchev–Trinajstić information content (AvgIpc) is 2.88. The number of amides is 3. The lowest BCUT2D eigenvalue weighted by Crippen LogP contribution is -2.48. The second-order valence-electron chi connectivity index (χ2n) is 8.20. The van der Waals surface area contributed by atoms with Crippen LogP contribution in [0.4, 0.5) is 13.2 Å². The van der Waals surface area contributed by atoms with Crippen molar-refractivity contribution in [2.45, 2.75) is 18.8 Å². The number of nitrogens with one attached hydrogen (secondary N) is 3. The molecule has 0 fully saturated rings. The summed E-state index contributed by atoms with van der Waals surface area (Å²) in [7, 11) is 0. The maximum absolute atomic E-state index is 12.9. The summed E-state index contributed by atoms with van der Waals surface area (Å²) in [5.41, 5.74) is -0.799. The van der Waals surface area contributed by atoms with Crippen LogP contribution in [0.3, 0.4) is 0 Å². The summed E-state index contributed by atoms with van der Waals surface area (Å²) >= 11 is 6.15. The Morgan fingerprint density at radius 2 is 1.51 bits per heavy atom. The summed E-state index contributed by atoms with van der Waals surface area (Å²) < 4.78 is 38.6. The number of benzene rings is 3. The highest BCUT2D eigenvalue weighted by Crippen LogP contribution is 2.29. The van der Waals surface area contributed by atoms with Crippen LogP contribution < -0.4 is 16.0 Å². The fraction of sp³-hybridized carbons (Fsp3) is 0.154. The summed E-state index contributed by atoms with van der Waals surface area (Å²) in [6.45, 7) is -0.525. The van der Waals surface area contributed by atoms with E-state index in [-0.39, 0.29) is 34.0 Å². The van der Waals surface area contributed by atoms with Crippen molar-refractivity contribution >= 4 is 35.3 Å². The Bertz CT molecular complexity index is 1410. The number of rotatable bonds is 9. The molecule has 204 valence electrons. The van der Waals surface area contributed by atoms with Gasteiger partial charge in [-0.1, -0.05) is 29.8 Å². The highest BCUT2D eigenvalue weighted by molar-refractivity contribution is 6.34. The van der Waals surface area contributed by atoms with Crippen LogP contribution in [0.2, 0.25) is 5.02 Å². The van der Waals surface area contributed by atoms with Crippen molar-refractivity contribution in [1.82, 2.24) is 16.0 Å². The number of carboxylic acids is 1. The number of hydrogen-bond donors (Lipinski definition) is 5. The normalized spacial score (nSPS) is 11.8. The van der Waals surface area contributed by atoms with Gasteiger partial charge in [0.2, 0.25) is 0 Å². The van der Waals surface area contributed by atoms with E-state index in [0.717, 1.165) is 18.2 Å². The smallest absolute Gasteiger partial charge is 0.416 e. The molecule has 3 aromatic rings. The highest BCUT2D eigenvalue weighted by atomic mass is 35.5. The van der Waals surface area contributed by atoms with Crippen molar-refractivity contribution in [2.75, 3.05) is 6.54 Å². The number of alkyl halides is 3. The van der Waals surface area contributed by atoms with Gasteiger partial charge in [-0.3, -0.25) is 14.4 Å². The number of carbonyl (C=O) groups is 4. The van der Waals surface area contributed by atoms with Crippen LogP contribution in [0.1, 0.15) is 42.2 Å². The van der Waals surface area contributed by atoms with E-state index in [1.165, 1.54) is 30.3 Å². The van der Waals surface area contributed by atoms with Gasteiger partial charge in [-0.25, -0.2) is 4.79 Å². The van der Waals surface area contributed by atoms with Crippen molar-refractivity contribution in [2.24, 2.45) is 0 Å². The summed E-state index contributed by atoms with van der Waals surface area (Å²) in [5.74, 6) is -3.90. The third-order valence-corrected chi connectivity index (χ3v) is 5.67. The number of halogens is 4. The van der Waals surface area contributed by atoms with Gasteiger partial charge in [0.1, 0.15) is 11.8 Å². The number of phenolic OH excluding ortho intramolecular Hbond substituents is 1. The van der Waals surface area contributed by atoms with Gasteiger partial charge in [0, 0.05) is 24.2 Å². The first kappa shape index (κ1) is 29.0. The van der Waals surface area contributed by atoms with Crippen LogP contribution in [0.25, 0.3) is 0 Å². The number of aromatic hydroxyl groups is 1. The Hall–Kier alpha value is -4.58. The van der Waals surface area contributed by atoms with Gasteiger partial charge in [0.15, 0.2) is 0 Å². The first-order valence-corrected chi connectivity index (χ1v) is 11.6. The van der Waals surface area contributed by atoms with E-state index >= 15 is 0 Å². The quantitative estimate of drug-likeness (QED) is 0.269. The fourth-order valence-electron chi connectivity index (χ4n) is 3.36. The fourth-order valence-corrected chi connectivity index (χ4v) is 3.63. The van der Waals surface area contributed by atoms with Gasteiger partial charge < -0.3 is 26.2 Å². The predicted octanol–water partition coefficient (Wildman–Crippen LogP) is 3.61. The maximum atomic E-state index is 12.9. The van der Waals surface area contributed by atoms with Crippen molar-refractivity contribution in [3.63, 3.8) is 0 Å². The molecule has 13 heteroatoms. The summed E-state index contributed by atoms with van der Waals surface area (Å²) in [6.07, 6.45) is -4.67. The highest BCUT2D eigenvalue weighted by Gasteiger charge is 2.31. The van der Waals surface area contributed by atoms with Crippen LogP contribution >= 0.6 is 11.6 Å². The Morgan fingerprint density at radius 1 is 0.846 bits per heavy atom. The SMILES string of the molecule is O=C(NCc1cccc(O)c1)c1ccc(C(=O)N[C@@H](CNC(=O)c2cccc(C(F)(F)F)c2)C(=O)O)c(Cl)c1. The van der Waals surface area contributed by atoms with Crippen LogP contribution in [0.15, 0.2) is 66.7 Å². The van der Waals surface area contributed by atoms with Gasteiger partial charge in [-0.15, -0.1) is 0 Å². The lowest BCUT2D eigenvalue weighted by molar-refractivity contribution is -0.139. The molecule has 0 aliphatic carbocycles. The predicted molar refractivity (Wildman–Crippen MR) is 133 cm³/mol. The van der Waals surface area contributed by atoms with E-state index in [2.05, 4.69) is 16.0 Å². The molecule has 5 N–H and O–H groups in total. The minimum atomic E-state index is -4.67. The first-order valence-electron chi connectivity index (χ1n) is 11.2. The van der Waals surface area contributed by atoms with Crippen LogP contribution in [0.5, 0.6) is 5.75 Å². The van der Waals surface area contributed by atoms with Crippen molar-refractivity contribution in [1.29, 1.82) is 0 Å². The molecule has 39 heavy (non-hydrogen) atoms. The zero-order chi connectivity index (χ0) is 28.7. The minimum Gasteiger partial charge on any atom is -0.508 e. The van der Waals surface area contributed by atoms with E-state index in [9.17, 15) is 42.6 Å². The zero-order valence-corrected chi connectivity index (χ0v) is 20.6. The largest absolute Gasteiger partial charge is 0.508 e. The maximum Gasteiger partial charge on any atom is 0.416 e. The third kappa shape index (κ3) is 7.95. The first-order chi connectivity index (χ1) is 18.3. The molecule has 3 amide bonds. The van der Waals surface area contributed by atoms with Crippen LogP contribution in [-0.2, 0) is 17.5 Å². The molecule has 0 aliphatic heterocycles. The molecule has 9 nitrogen and oxygen atoms in total. The molecule has 1 atom stereocenters. The lowest BCUT2D eigenvalue weighted by atomic mass is 10.1. The Balaban J connectivity index is 1.62. The molecular weight excluding hydrogens is 543 g/mol. The summed E-state index contributed by atoms with van der Waals surface area (Å²) in [6, 6.07) is 11.9. The van der Waals surface area contributed by atoms with Crippen LogP contribution in [0, 0.1) is 0 Å². The molecule has 0 radical (unpaired) electrons. The topological polar surface area (TPSA) is 145 Å². The molecule has 3 rings (SSSR count). The Kier molecular flexibility index (Phi) is 9.15. The molecule has 0 saturated carbocycles. The summed E-state index contributed by atoms with van der Waals surface area (Å²) in [5, 5.41) is 25.8. The van der Waals surface area contributed by atoms with Crippen molar-refractivity contribution in [3.05, 3.63) is 99.6 Å². The molecule has 0 aliphatic rings. The molecule has 0 spiro atoms. The van der Waals surface area contributed by atoms with E-state index in [0.29, 0.717) is 11.6 Å². The number of carbonyl (C=O) groups excluding carboxylic acids is 3. The number of phenols is 1. The minimum absolute atomic E-state index is 0.0371. The molecule has 3 aromatic carbocycles. The van der Waals surface area contributed by atoms with E-state index < -0.39 is 48.0 Å². The molecule has 0 bridgehead atoms. The van der Waals surface area contributed by atoms with E-state index in [1.54, 1.807) is 12.1 Å². The third-order valence-electron chi connectivity index (χ3n) is 5.36. The lowest BCUT2D eigenvalue weighted by Gasteiger charge is -2.16. The van der Waals surface area contributed by atoms with E-state index in [4.69, 9.17) is 11.6 Å². The van der Waals surface area contributed by atoms with Gasteiger partial charge in [-0.05, 0) is 54.1 Å². The van der Waals surface area contributed by atoms with Crippen molar-refractivity contribution < 1.29 is 42.6 Å². The van der Waals surface area contributed by atoms with E-state index in [1.807, 2.05) is 0 Å². The second-order valence-corrected chi connectivity index (χ2v) is 8.61. The van der Waals surface area contributed by atoms with Crippen molar-refractivity contribution in [3.8, 4) is 5.75 Å². The van der Waals surface area contributed by atoms with Gasteiger partial charge >= 0.3 is 12.1 Å². The average molecular weight is 564 g/mol. The standard InChI is InChI=1S/C26H21ClF3N3O6/c27-20-11-16(23(36)31-12-14-3-1-6-18(34)9-14)7-8-19(20)24(37)33-21(25(38)39)13-32-22(35)15-4-2-5-17(10-15)26(28,29)30/h1-11,21,34H,12-13H2,(H,31,36)(H,32,35)(H,33,37)(H,38,39)/t21-/m0/s1. The Morgan fingerprint density at radius 3 is 2.15 bits per heavy atom. The molecular formula is C26H21ClF3N3O6. The number of aliphatic carboxylic acids is 1. The van der Waals surface area contributed by atoms with Gasteiger partial charge in [0.05, 0.1) is 16.1 Å².